The Morgan fingerprint density at radius 2 is 2.33 bits per heavy atom. The van der Waals surface area contributed by atoms with Crippen molar-refractivity contribution in [1.29, 1.82) is 0 Å². The molecule has 0 fully saturated rings. The molecule has 4 nitrogen and oxygen atoms in total. The topological polar surface area (TPSA) is 58.9 Å². The van der Waals surface area contributed by atoms with Gasteiger partial charge in [-0.05, 0) is 19.1 Å². The van der Waals surface area contributed by atoms with E-state index < -0.39 is 12.3 Å². The molecule has 1 aliphatic heterocycles. The first-order valence-corrected chi connectivity index (χ1v) is 3.59. The third-order valence-corrected chi connectivity index (χ3v) is 1.77. The number of ketones is 1. The number of ether oxygens (including phenoxy) is 1. The van der Waals surface area contributed by atoms with Gasteiger partial charge in [0.2, 0.25) is 11.5 Å². The van der Waals surface area contributed by atoms with Crippen LogP contribution in [0.4, 0.5) is 0 Å². The third-order valence-electron chi connectivity index (χ3n) is 1.77. The predicted octanol–water partition coefficient (Wildman–Crippen LogP) is -0.0788. The molecule has 1 heterocycles. The van der Waals surface area contributed by atoms with Crippen LogP contribution in [0.1, 0.15) is 6.92 Å². The third kappa shape index (κ3) is 1.31. The van der Waals surface area contributed by atoms with Gasteiger partial charge in [0, 0.05) is 12.8 Å². The minimum atomic E-state index is -1.39. The van der Waals surface area contributed by atoms with Crippen LogP contribution >= 0.6 is 0 Å². The number of methoxy groups -OCH3 is 1. The van der Waals surface area contributed by atoms with Crippen LogP contribution in [-0.2, 0) is 9.53 Å². The van der Waals surface area contributed by atoms with Crippen LogP contribution in [0.2, 0.25) is 0 Å². The molecule has 0 aromatic rings. The first kappa shape index (κ1) is 9.09. The Morgan fingerprint density at radius 1 is 1.67 bits per heavy atom. The molecule has 0 aromatic heterocycles. The van der Waals surface area contributed by atoms with Crippen molar-refractivity contribution in [3.63, 3.8) is 0 Å². The second-order valence-electron chi connectivity index (χ2n) is 2.60. The van der Waals surface area contributed by atoms with E-state index in [2.05, 4.69) is 4.99 Å². The number of nitrogens with zero attached hydrogens (tertiary/aromatic N) is 1. The van der Waals surface area contributed by atoms with E-state index in [0.29, 0.717) is 5.71 Å². The van der Waals surface area contributed by atoms with Crippen molar-refractivity contribution in [1.82, 2.24) is 0 Å². The summed E-state index contributed by atoms with van der Waals surface area (Å²) >= 11 is 0. The summed E-state index contributed by atoms with van der Waals surface area (Å²) in [6, 6.07) is 0. The van der Waals surface area contributed by atoms with Crippen LogP contribution < -0.4 is 0 Å². The van der Waals surface area contributed by atoms with Crippen LogP contribution in [0.3, 0.4) is 0 Å². The van der Waals surface area contributed by atoms with Crippen molar-refractivity contribution in [2.45, 2.75) is 12.6 Å². The number of hydrogen-bond donors (Lipinski definition) is 1. The highest BCUT2D eigenvalue weighted by molar-refractivity contribution is 6.08. The van der Waals surface area contributed by atoms with Crippen molar-refractivity contribution < 1.29 is 14.6 Å². The molecule has 12 heavy (non-hydrogen) atoms. The normalized spacial score (nSPS) is 28.9. The van der Waals surface area contributed by atoms with Gasteiger partial charge in [-0.1, -0.05) is 0 Å². The van der Waals surface area contributed by atoms with Gasteiger partial charge in [-0.15, -0.1) is 0 Å². The monoisotopic (exact) mass is 169 g/mol. The Bertz CT molecular complexity index is 251. The number of rotatable bonds is 2. The molecule has 1 aliphatic rings. The van der Waals surface area contributed by atoms with Crippen LogP contribution in [0.15, 0.2) is 17.1 Å². The largest absolute Gasteiger partial charge is 0.391 e. The number of carbonyl (C=O) groups is 1. The Labute approximate surface area is 70.6 Å². The molecule has 0 amide bonds. The van der Waals surface area contributed by atoms with Gasteiger partial charge in [0.05, 0.1) is 0 Å². The van der Waals surface area contributed by atoms with Crippen LogP contribution in [0, 0.1) is 0 Å². The predicted molar refractivity (Wildman–Crippen MR) is 44.1 cm³/mol. The second kappa shape index (κ2) is 3.16. The van der Waals surface area contributed by atoms with Gasteiger partial charge in [-0.25, -0.2) is 4.99 Å². The molecular weight excluding hydrogens is 158 g/mol. The average Bonchev–Trinajstić information content (AvgIpc) is 2.09. The molecule has 1 rings (SSSR count). The average molecular weight is 169 g/mol. The van der Waals surface area contributed by atoms with Gasteiger partial charge in [0.15, 0.2) is 0 Å². The smallest absolute Gasteiger partial charge is 0.245 e. The number of allylic oxidation sites excluding steroid dienone is 1. The number of dihydropyridines is 1. The zero-order valence-corrected chi connectivity index (χ0v) is 7.07. The van der Waals surface area contributed by atoms with Crippen LogP contribution in [-0.4, -0.2) is 36.0 Å². The van der Waals surface area contributed by atoms with Crippen molar-refractivity contribution in [2.75, 3.05) is 13.7 Å². The molecule has 0 aromatic carbocycles. The number of carbonyl (C=O) groups excluding carboxylic acids is 1. The Kier molecular flexibility index (Phi) is 2.40. The summed E-state index contributed by atoms with van der Waals surface area (Å²) in [6.45, 7) is 1.32. The lowest BCUT2D eigenvalue weighted by Gasteiger charge is -2.25. The number of aliphatic hydroxyl groups excluding tert-OH is 1. The van der Waals surface area contributed by atoms with Crippen molar-refractivity contribution >= 4 is 11.5 Å². The first-order chi connectivity index (χ1) is 5.64. The minimum Gasteiger partial charge on any atom is -0.391 e. The van der Waals surface area contributed by atoms with E-state index in [1.165, 1.54) is 13.2 Å². The maximum Gasteiger partial charge on any atom is 0.245 e. The fraction of sp³-hybridized carbons (Fsp3) is 0.500. The summed E-state index contributed by atoms with van der Waals surface area (Å²) in [5.74, 6) is -0.321. The zero-order chi connectivity index (χ0) is 9.19. The Morgan fingerprint density at radius 3 is 2.75 bits per heavy atom. The molecule has 0 radical (unpaired) electrons. The molecule has 66 valence electrons. The molecular formula is C8H11NO3. The molecule has 0 aliphatic carbocycles. The van der Waals surface area contributed by atoms with Crippen molar-refractivity contribution in [2.24, 2.45) is 4.99 Å². The van der Waals surface area contributed by atoms with Crippen LogP contribution in [0.25, 0.3) is 0 Å². The zero-order valence-electron chi connectivity index (χ0n) is 7.07. The molecule has 4 heteroatoms. The molecule has 0 saturated carbocycles. The SMILES string of the molecule is COC1(CO)N=C(C)C=CC1=O. The van der Waals surface area contributed by atoms with E-state index in [1.807, 2.05) is 0 Å². The minimum absolute atomic E-state index is 0.321. The fourth-order valence-electron chi connectivity index (χ4n) is 1.03. The molecule has 1 unspecified atom stereocenters. The van der Waals surface area contributed by atoms with Gasteiger partial charge in [0.1, 0.15) is 6.61 Å². The fourth-order valence-corrected chi connectivity index (χ4v) is 1.03. The first-order valence-electron chi connectivity index (χ1n) is 3.59. The van der Waals surface area contributed by atoms with Gasteiger partial charge in [-0.3, -0.25) is 4.79 Å². The molecule has 0 spiro atoms. The summed E-state index contributed by atoms with van der Waals surface area (Å²) in [6.07, 6.45) is 2.96. The lowest BCUT2D eigenvalue weighted by atomic mass is 10.1. The van der Waals surface area contributed by atoms with E-state index in [-0.39, 0.29) is 5.78 Å². The lowest BCUT2D eigenvalue weighted by molar-refractivity contribution is -0.139. The van der Waals surface area contributed by atoms with Gasteiger partial charge in [0.25, 0.3) is 0 Å². The van der Waals surface area contributed by atoms with Crippen molar-refractivity contribution in [3.8, 4) is 0 Å². The Balaban J connectivity index is 3.02. The quantitative estimate of drug-likeness (QED) is 0.629. The second-order valence-corrected chi connectivity index (χ2v) is 2.60. The maximum absolute atomic E-state index is 11.2. The van der Waals surface area contributed by atoms with E-state index in [9.17, 15) is 4.79 Å². The molecule has 0 bridgehead atoms. The van der Waals surface area contributed by atoms with E-state index in [4.69, 9.17) is 9.84 Å². The highest BCUT2D eigenvalue weighted by Crippen LogP contribution is 2.17. The standard InChI is InChI=1S/C8H11NO3/c1-6-3-4-7(11)8(5-10,9-6)12-2/h3-4,10H,5H2,1-2H3. The number of aliphatic hydroxyl groups is 1. The van der Waals surface area contributed by atoms with Gasteiger partial charge < -0.3 is 9.84 Å². The van der Waals surface area contributed by atoms with Crippen LogP contribution in [0.5, 0.6) is 0 Å². The number of aliphatic imine (C=N–C) groups is 1. The molecule has 0 saturated heterocycles. The summed E-state index contributed by atoms with van der Waals surface area (Å²) in [5.41, 5.74) is -0.718. The molecule has 1 N–H and O–H groups in total. The van der Waals surface area contributed by atoms with E-state index in [0.717, 1.165) is 0 Å². The Hall–Kier alpha value is -1.00. The van der Waals surface area contributed by atoms with Crippen molar-refractivity contribution in [3.05, 3.63) is 12.2 Å². The maximum atomic E-state index is 11.2. The van der Waals surface area contributed by atoms with Gasteiger partial charge >= 0.3 is 0 Å². The highest BCUT2D eigenvalue weighted by Gasteiger charge is 2.37. The summed E-state index contributed by atoms with van der Waals surface area (Å²) in [7, 11) is 1.35. The summed E-state index contributed by atoms with van der Waals surface area (Å²) < 4.78 is 4.87. The summed E-state index contributed by atoms with van der Waals surface area (Å²) in [5, 5.41) is 8.94. The lowest BCUT2D eigenvalue weighted by Crippen LogP contribution is -2.43. The molecule has 1 atom stereocenters. The number of hydrogen-bond acceptors (Lipinski definition) is 4. The highest BCUT2D eigenvalue weighted by atomic mass is 16.5. The summed E-state index contributed by atoms with van der Waals surface area (Å²) in [4.78, 5) is 15.2. The van der Waals surface area contributed by atoms with E-state index >= 15 is 0 Å². The van der Waals surface area contributed by atoms with Gasteiger partial charge in [-0.2, -0.15) is 0 Å². The van der Waals surface area contributed by atoms with E-state index in [1.54, 1.807) is 13.0 Å².